The minimum absolute atomic E-state index is 0.0111. The maximum absolute atomic E-state index is 13.8. The molecule has 188 valence electrons. The second kappa shape index (κ2) is 11.9. The minimum Gasteiger partial charge on any atom is -0.506 e. The number of esters is 1. The summed E-state index contributed by atoms with van der Waals surface area (Å²) in [5, 5.41) is 11.0. The lowest BCUT2D eigenvalue weighted by atomic mass is 10.1. The summed E-state index contributed by atoms with van der Waals surface area (Å²) in [6.45, 7) is 1.80. The van der Waals surface area contributed by atoms with Gasteiger partial charge in [-0.15, -0.1) is 0 Å². The molecule has 37 heavy (non-hydrogen) atoms. The van der Waals surface area contributed by atoms with Crippen molar-refractivity contribution >= 4 is 46.4 Å². The van der Waals surface area contributed by atoms with Crippen LogP contribution in [0.3, 0.4) is 0 Å². The lowest BCUT2D eigenvalue weighted by Crippen LogP contribution is -2.14. The van der Waals surface area contributed by atoms with Crippen LogP contribution in [0, 0.1) is 5.82 Å². The van der Waals surface area contributed by atoms with Crippen LogP contribution in [0.1, 0.15) is 28.4 Å². The first-order valence-corrected chi connectivity index (χ1v) is 12.4. The van der Waals surface area contributed by atoms with E-state index in [2.05, 4.69) is 4.99 Å². The topological polar surface area (TPSA) is 85.2 Å². The van der Waals surface area contributed by atoms with Crippen molar-refractivity contribution in [2.24, 2.45) is 4.99 Å². The number of hydrogen-bond acceptors (Lipinski definition) is 6. The van der Waals surface area contributed by atoms with Crippen LogP contribution >= 0.6 is 23.4 Å². The molecular formula is C28H21ClFNO5S. The number of nitrogens with zero attached hydrogens (tertiary/aromatic N) is 1. The number of halogens is 2. The first kappa shape index (κ1) is 26.2. The van der Waals surface area contributed by atoms with E-state index in [0.29, 0.717) is 21.8 Å². The predicted octanol–water partition coefficient (Wildman–Crippen LogP) is 6.76. The van der Waals surface area contributed by atoms with Crippen LogP contribution in [0.25, 0.3) is 6.08 Å². The average molecular weight is 538 g/mol. The molecule has 0 spiro atoms. The van der Waals surface area contributed by atoms with E-state index in [9.17, 15) is 19.1 Å². The Morgan fingerprint density at radius 2 is 1.76 bits per heavy atom. The molecule has 1 aliphatic heterocycles. The largest absolute Gasteiger partial charge is 0.506 e. The standard InChI is InChI=1S/C28H21ClFNO5S/c1-2-35-28(34)24-25(32)23(37-27(24)31-26(33)20-8-4-5-9-21(20)29)15-17-11-13-19(14-12-17)36-16-18-7-3-6-10-22(18)30/h3-15,32H,2,16H2,1H3/b23-15-,31-27?. The predicted molar refractivity (Wildman–Crippen MR) is 142 cm³/mol. The number of aliphatic hydroxyl groups is 1. The number of thioether (sulfide) groups is 1. The van der Waals surface area contributed by atoms with Gasteiger partial charge in [-0.1, -0.05) is 65.8 Å². The number of rotatable bonds is 7. The zero-order chi connectivity index (χ0) is 26.4. The third-order valence-corrected chi connectivity index (χ3v) is 6.56. The average Bonchev–Trinajstić information content (AvgIpc) is 3.19. The summed E-state index contributed by atoms with van der Waals surface area (Å²) in [6.07, 6.45) is 1.64. The molecular weight excluding hydrogens is 517 g/mol. The third-order valence-electron chi connectivity index (χ3n) is 5.21. The Kier molecular flexibility index (Phi) is 8.43. The summed E-state index contributed by atoms with van der Waals surface area (Å²) in [5.41, 5.74) is 1.11. The van der Waals surface area contributed by atoms with Gasteiger partial charge in [0.2, 0.25) is 0 Å². The smallest absolute Gasteiger partial charge is 0.344 e. The van der Waals surface area contributed by atoms with E-state index in [1.807, 2.05) is 0 Å². The maximum atomic E-state index is 13.8. The monoisotopic (exact) mass is 537 g/mol. The van der Waals surface area contributed by atoms with Crippen molar-refractivity contribution in [2.75, 3.05) is 6.61 Å². The molecule has 0 bridgehead atoms. The van der Waals surface area contributed by atoms with Crippen LogP contribution in [0.15, 0.2) is 94.0 Å². The molecule has 1 aliphatic rings. The Morgan fingerprint density at radius 3 is 2.46 bits per heavy atom. The molecule has 1 N–H and O–H groups in total. The van der Waals surface area contributed by atoms with Crippen LogP contribution in [-0.2, 0) is 16.1 Å². The second-order valence-electron chi connectivity index (χ2n) is 7.71. The highest BCUT2D eigenvalue weighted by atomic mass is 35.5. The summed E-state index contributed by atoms with van der Waals surface area (Å²) in [5.74, 6) is -1.59. The molecule has 3 aromatic carbocycles. The molecule has 1 amide bonds. The first-order valence-electron chi connectivity index (χ1n) is 11.2. The fourth-order valence-electron chi connectivity index (χ4n) is 3.37. The summed E-state index contributed by atoms with van der Waals surface area (Å²) in [6, 6.07) is 19.7. The van der Waals surface area contributed by atoms with Crippen LogP contribution in [0.4, 0.5) is 4.39 Å². The quantitative estimate of drug-likeness (QED) is 0.335. The molecule has 1 heterocycles. The van der Waals surface area contributed by atoms with Gasteiger partial charge in [0.15, 0.2) is 0 Å². The van der Waals surface area contributed by atoms with Crippen molar-refractivity contribution in [1.82, 2.24) is 0 Å². The molecule has 0 unspecified atom stereocenters. The molecule has 0 saturated heterocycles. The zero-order valence-electron chi connectivity index (χ0n) is 19.6. The summed E-state index contributed by atoms with van der Waals surface area (Å²) in [7, 11) is 0. The highest BCUT2D eigenvalue weighted by Crippen LogP contribution is 2.39. The van der Waals surface area contributed by atoms with Crippen molar-refractivity contribution in [3.8, 4) is 5.75 Å². The Balaban J connectivity index is 1.57. The van der Waals surface area contributed by atoms with Crippen LogP contribution in [0.5, 0.6) is 5.75 Å². The molecule has 0 radical (unpaired) electrons. The van der Waals surface area contributed by atoms with E-state index >= 15 is 0 Å². The molecule has 0 fully saturated rings. The minimum atomic E-state index is -0.793. The number of aliphatic hydroxyl groups excluding tert-OH is 1. The van der Waals surface area contributed by atoms with Gasteiger partial charge in [-0.25, -0.2) is 14.2 Å². The fourth-order valence-corrected chi connectivity index (χ4v) is 4.60. The number of carbonyl (C=O) groups excluding carboxylic acids is 2. The summed E-state index contributed by atoms with van der Waals surface area (Å²) in [4.78, 5) is 29.7. The Bertz CT molecular complexity index is 1430. The molecule has 0 saturated carbocycles. The molecule has 9 heteroatoms. The van der Waals surface area contributed by atoms with Crippen molar-refractivity contribution in [1.29, 1.82) is 0 Å². The molecule has 3 aromatic rings. The van der Waals surface area contributed by atoms with Crippen molar-refractivity contribution in [3.05, 3.63) is 117 Å². The van der Waals surface area contributed by atoms with Gasteiger partial charge in [-0.2, -0.15) is 0 Å². The fraction of sp³-hybridized carbons (Fsp3) is 0.107. The molecule has 0 atom stereocenters. The lowest BCUT2D eigenvalue weighted by Gasteiger charge is -2.07. The van der Waals surface area contributed by atoms with Crippen LogP contribution in [-0.4, -0.2) is 28.6 Å². The second-order valence-corrected chi connectivity index (χ2v) is 9.14. The molecule has 6 nitrogen and oxygen atoms in total. The van der Waals surface area contributed by atoms with E-state index in [1.54, 1.807) is 73.7 Å². The Labute approximate surface area is 222 Å². The first-order chi connectivity index (χ1) is 17.9. The van der Waals surface area contributed by atoms with Gasteiger partial charge in [0.25, 0.3) is 5.91 Å². The van der Waals surface area contributed by atoms with Crippen LogP contribution < -0.4 is 4.74 Å². The highest BCUT2D eigenvalue weighted by molar-refractivity contribution is 8.18. The van der Waals surface area contributed by atoms with Gasteiger partial charge in [0, 0.05) is 5.56 Å². The van der Waals surface area contributed by atoms with Crippen molar-refractivity contribution < 1.29 is 28.6 Å². The SMILES string of the molecule is CCOC(=O)C1=C(O)/C(=C/c2ccc(OCc3ccccc3F)cc2)SC1=NC(=O)c1ccccc1Cl. The van der Waals surface area contributed by atoms with Gasteiger partial charge >= 0.3 is 5.97 Å². The highest BCUT2D eigenvalue weighted by Gasteiger charge is 2.34. The number of hydrogen-bond donors (Lipinski definition) is 1. The maximum Gasteiger partial charge on any atom is 0.344 e. The van der Waals surface area contributed by atoms with E-state index in [0.717, 1.165) is 11.8 Å². The lowest BCUT2D eigenvalue weighted by molar-refractivity contribution is -0.138. The van der Waals surface area contributed by atoms with E-state index in [-0.39, 0.29) is 46.0 Å². The molecule has 0 aromatic heterocycles. The zero-order valence-corrected chi connectivity index (χ0v) is 21.2. The molecule has 0 aliphatic carbocycles. The van der Waals surface area contributed by atoms with E-state index in [4.69, 9.17) is 21.1 Å². The van der Waals surface area contributed by atoms with E-state index in [1.165, 1.54) is 12.1 Å². The number of aliphatic imine (C=N–C) groups is 1. The summed E-state index contributed by atoms with van der Waals surface area (Å²) < 4.78 is 24.5. The Hall–Kier alpha value is -3.88. The van der Waals surface area contributed by atoms with Gasteiger partial charge in [0.1, 0.15) is 34.5 Å². The molecule has 4 rings (SSSR count). The Morgan fingerprint density at radius 1 is 1.05 bits per heavy atom. The van der Waals surface area contributed by atoms with Crippen LogP contribution in [0.2, 0.25) is 5.02 Å². The van der Waals surface area contributed by atoms with Crippen molar-refractivity contribution in [2.45, 2.75) is 13.5 Å². The van der Waals surface area contributed by atoms with Gasteiger partial charge in [-0.3, -0.25) is 4.79 Å². The van der Waals surface area contributed by atoms with Crippen molar-refractivity contribution in [3.63, 3.8) is 0 Å². The number of carbonyl (C=O) groups is 2. The third kappa shape index (κ3) is 6.28. The number of benzene rings is 3. The van der Waals surface area contributed by atoms with Gasteiger partial charge in [0.05, 0.1) is 22.1 Å². The van der Waals surface area contributed by atoms with Gasteiger partial charge in [-0.05, 0) is 48.9 Å². The number of amides is 1. The van der Waals surface area contributed by atoms with Gasteiger partial charge < -0.3 is 14.6 Å². The van der Waals surface area contributed by atoms with E-state index < -0.39 is 11.9 Å². The normalized spacial score (nSPS) is 15.3. The number of ether oxygens (including phenoxy) is 2. The summed E-state index contributed by atoms with van der Waals surface area (Å²) >= 11 is 7.07.